The number of rotatable bonds is 4. The monoisotopic (exact) mass is 241 g/mol. The molecule has 3 N–H and O–H groups in total. The lowest BCUT2D eigenvalue weighted by atomic mass is 10.4. The van der Waals surface area contributed by atoms with Crippen molar-refractivity contribution in [2.24, 2.45) is 0 Å². The summed E-state index contributed by atoms with van der Waals surface area (Å²) in [4.78, 5) is 17.1. The Hall–Kier alpha value is -0.750. The van der Waals surface area contributed by atoms with Gasteiger partial charge in [0, 0.05) is 10.6 Å². The summed E-state index contributed by atoms with van der Waals surface area (Å²) in [7, 11) is -6.58. The van der Waals surface area contributed by atoms with Gasteiger partial charge >= 0.3 is 21.8 Å². The first-order chi connectivity index (χ1) is 6.47. The van der Waals surface area contributed by atoms with Crippen molar-refractivity contribution in [2.75, 3.05) is 0 Å². The molecule has 10 heteroatoms. The topological polar surface area (TPSA) is 130 Å². The summed E-state index contributed by atoms with van der Waals surface area (Å²) in [6.07, 6.45) is 1.08. The van der Waals surface area contributed by atoms with E-state index < -0.39 is 27.6 Å². The van der Waals surface area contributed by atoms with Gasteiger partial charge in [0.15, 0.2) is 0 Å². The van der Waals surface area contributed by atoms with Gasteiger partial charge in [-0.05, 0) is 9.09 Å². The molecule has 0 aromatic carbocycles. The van der Waals surface area contributed by atoms with Crippen molar-refractivity contribution < 1.29 is 33.1 Å². The number of aliphatic hydroxyl groups is 1. The van der Waals surface area contributed by atoms with Crippen LogP contribution in [0.15, 0.2) is 16.8 Å². The Morgan fingerprint density at radius 2 is 2.14 bits per heavy atom. The molecule has 3 unspecified atom stereocenters. The third-order valence-electron chi connectivity index (χ3n) is 1.22. The van der Waals surface area contributed by atoms with Gasteiger partial charge in [-0.2, -0.15) is 4.89 Å². The minimum absolute atomic E-state index is 0.529. The SMILES string of the molecule is O=[P+](O)OC(O)(c1ccno1)[P+](=O)O. The van der Waals surface area contributed by atoms with Gasteiger partial charge in [0.05, 0.1) is 6.20 Å². The molecule has 1 aromatic rings. The van der Waals surface area contributed by atoms with Gasteiger partial charge < -0.3 is 9.63 Å². The fraction of sp³-hybridized carbons (Fsp3) is 0.250. The van der Waals surface area contributed by atoms with Gasteiger partial charge in [-0.3, -0.25) is 0 Å². The summed E-state index contributed by atoms with van der Waals surface area (Å²) in [5.41, 5.74) is -2.85. The highest BCUT2D eigenvalue weighted by molar-refractivity contribution is 7.40. The molecule has 3 atom stereocenters. The molecule has 0 radical (unpaired) electrons. The summed E-state index contributed by atoms with van der Waals surface area (Å²) in [6, 6.07) is 1.03. The van der Waals surface area contributed by atoms with Crippen LogP contribution in [0.5, 0.6) is 0 Å². The van der Waals surface area contributed by atoms with Gasteiger partial charge in [-0.25, -0.2) is 0 Å². The highest BCUT2D eigenvalue weighted by Crippen LogP contribution is 2.47. The Kier molecular flexibility index (Phi) is 3.38. The van der Waals surface area contributed by atoms with E-state index in [0.717, 1.165) is 12.3 Å². The molecular weight excluding hydrogens is 236 g/mol. The molecule has 1 aromatic heterocycles. The van der Waals surface area contributed by atoms with Gasteiger partial charge in [-0.15, -0.1) is 4.89 Å². The van der Waals surface area contributed by atoms with Crippen molar-refractivity contribution in [2.45, 2.75) is 5.53 Å². The van der Waals surface area contributed by atoms with E-state index in [9.17, 15) is 14.2 Å². The molecular formula is C4H5NO7P2+2. The largest absolute Gasteiger partial charge is 0.702 e. The Morgan fingerprint density at radius 3 is 2.50 bits per heavy atom. The molecule has 0 aliphatic rings. The fourth-order valence-electron chi connectivity index (χ4n) is 0.667. The molecule has 76 valence electrons. The van der Waals surface area contributed by atoms with Crippen LogP contribution in [0.1, 0.15) is 5.76 Å². The first-order valence-electron chi connectivity index (χ1n) is 3.12. The number of hydrogen-bond acceptors (Lipinski definition) is 6. The summed E-state index contributed by atoms with van der Waals surface area (Å²) in [5.74, 6) is -0.529. The van der Waals surface area contributed by atoms with Gasteiger partial charge in [0.1, 0.15) is 0 Å². The fourth-order valence-corrected chi connectivity index (χ4v) is 1.77. The maximum Gasteiger partial charge on any atom is 0.702 e. The second-order valence-corrected chi connectivity index (χ2v) is 3.90. The Balaban J connectivity index is 3.05. The molecule has 0 spiro atoms. The van der Waals surface area contributed by atoms with E-state index in [-0.39, 0.29) is 0 Å². The van der Waals surface area contributed by atoms with Crippen LogP contribution in [-0.4, -0.2) is 20.1 Å². The van der Waals surface area contributed by atoms with Crippen LogP contribution in [-0.2, 0) is 19.2 Å². The van der Waals surface area contributed by atoms with Crippen molar-refractivity contribution in [1.29, 1.82) is 0 Å². The molecule has 1 rings (SSSR count). The van der Waals surface area contributed by atoms with Crippen molar-refractivity contribution in [3.8, 4) is 0 Å². The zero-order valence-electron chi connectivity index (χ0n) is 6.47. The average molecular weight is 241 g/mol. The van der Waals surface area contributed by atoms with Gasteiger partial charge in [0.2, 0.25) is 0 Å². The maximum absolute atomic E-state index is 10.7. The van der Waals surface area contributed by atoms with Crippen LogP contribution in [0.2, 0.25) is 0 Å². The lowest BCUT2D eigenvalue weighted by Crippen LogP contribution is -2.21. The molecule has 0 saturated carbocycles. The van der Waals surface area contributed by atoms with E-state index in [1.165, 1.54) is 0 Å². The van der Waals surface area contributed by atoms with E-state index in [1.54, 1.807) is 0 Å². The lowest BCUT2D eigenvalue weighted by Gasteiger charge is -2.01. The molecule has 14 heavy (non-hydrogen) atoms. The molecule has 0 fully saturated rings. The van der Waals surface area contributed by atoms with Crippen molar-refractivity contribution in [1.82, 2.24) is 5.16 Å². The summed E-state index contributed by atoms with van der Waals surface area (Å²) in [6.45, 7) is 0. The number of nitrogens with zero attached hydrogens (tertiary/aromatic N) is 1. The normalized spacial score (nSPS) is 17.4. The lowest BCUT2D eigenvalue weighted by molar-refractivity contribution is -0.0919. The first kappa shape index (κ1) is 11.3. The van der Waals surface area contributed by atoms with Crippen LogP contribution in [0.25, 0.3) is 0 Å². The maximum atomic E-state index is 10.7. The van der Waals surface area contributed by atoms with Crippen molar-refractivity contribution in [3.63, 3.8) is 0 Å². The third-order valence-corrected chi connectivity index (χ3v) is 2.62. The smallest absolute Gasteiger partial charge is 0.350 e. The molecule has 0 aliphatic heterocycles. The van der Waals surface area contributed by atoms with E-state index in [2.05, 4.69) is 14.2 Å². The Labute approximate surface area is 78.9 Å². The molecule has 0 bridgehead atoms. The highest BCUT2D eigenvalue weighted by Gasteiger charge is 2.62. The average Bonchev–Trinajstić information content (AvgIpc) is 2.53. The zero-order valence-corrected chi connectivity index (χ0v) is 8.26. The minimum Gasteiger partial charge on any atom is -0.350 e. The molecule has 0 amide bonds. The number of hydrogen-bond donors (Lipinski definition) is 3. The van der Waals surface area contributed by atoms with Crippen LogP contribution in [0.4, 0.5) is 0 Å². The summed E-state index contributed by atoms with van der Waals surface area (Å²) < 4.78 is 29.3. The first-order valence-corrected chi connectivity index (χ1v) is 5.46. The standard InChI is InChI=1S/C4H3NO7P2/c6-4(13(7)8,12-14(9)10)3-1-2-5-11-3/h1-2,6H/p+2. The number of aromatic nitrogens is 1. The van der Waals surface area contributed by atoms with E-state index in [0.29, 0.717) is 0 Å². The predicted octanol–water partition coefficient (Wildman–Crippen LogP) is 0.178. The van der Waals surface area contributed by atoms with E-state index in [1.807, 2.05) is 0 Å². The summed E-state index contributed by atoms with van der Waals surface area (Å²) >= 11 is 0. The van der Waals surface area contributed by atoms with Crippen LogP contribution < -0.4 is 0 Å². The highest BCUT2D eigenvalue weighted by atomic mass is 31.1. The zero-order chi connectivity index (χ0) is 10.8. The Morgan fingerprint density at radius 1 is 1.50 bits per heavy atom. The van der Waals surface area contributed by atoms with Gasteiger partial charge in [-0.1, -0.05) is 5.16 Å². The van der Waals surface area contributed by atoms with Crippen LogP contribution in [0, 0.1) is 0 Å². The predicted molar refractivity (Wildman–Crippen MR) is 41.1 cm³/mol. The van der Waals surface area contributed by atoms with E-state index >= 15 is 0 Å². The Bertz CT molecular complexity index is 351. The second kappa shape index (κ2) is 4.18. The third kappa shape index (κ3) is 2.19. The molecule has 0 aliphatic carbocycles. The van der Waals surface area contributed by atoms with Crippen LogP contribution in [0.3, 0.4) is 0 Å². The molecule has 1 heterocycles. The van der Waals surface area contributed by atoms with E-state index in [4.69, 9.17) is 9.79 Å². The second-order valence-electron chi connectivity index (χ2n) is 2.09. The van der Waals surface area contributed by atoms with Crippen molar-refractivity contribution >= 4 is 16.3 Å². The molecule has 0 saturated heterocycles. The van der Waals surface area contributed by atoms with Gasteiger partial charge in [0.25, 0.3) is 5.76 Å². The molecule has 8 nitrogen and oxygen atoms in total. The quantitative estimate of drug-likeness (QED) is 0.502. The minimum atomic E-state index is -3.32. The van der Waals surface area contributed by atoms with Crippen LogP contribution >= 0.6 is 16.3 Å². The summed E-state index contributed by atoms with van der Waals surface area (Å²) in [5, 5.41) is 12.5. The van der Waals surface area contributed by atoms with Crippen molar-refractivity contribution in [3.05, 3.63) is 18.0 Å².